The first-order valence-corrected chi connectivity index (χ1v) is 17.5. The van der Waals surface area contributed by atoms with Crippen molar-refractivity contribution >= 4 is 12.1 Å². The molecule has 0 aliphatic rings. The Balaban J connectivity index is -0.000000309. The summed E-state index contributed by atoms with van der Waals surface area (Å²) in [6.07, 6.45) is 0. The quantitative estimate of drug-likeness (QED) is 0.0742. The third-order valence-corrected chi connectivity index (χ3v) is 5.46. The van der Waals surface area contributed by atoms with Gasteiger partial charge in [-0.1, -0.05) is 12.1 Å². The third-order valence-electron chi connectivity index (χ3n) is 5.46. The van der Waals surface area contributed by atoms with Crippen LogP contribution < -0.4 is 21.3 Å². The molecular weight excluding hydrogens is 736 g/mol. The molecule has 0 saturated carbocycles. The minimum atomic E-state index is -0.448. The van der Waals surface area contributed by atoms with Crippen LogP contribution in [-0.2, 0) is 35.8 Å². The van der Waals surface area contributed by atoms with Gasteiger partial charge in [0.25, 0.3) is 0 Å². The smallest absolute Gasteiger partial charge is 0.318 e. The Morgan fingerprint density at radius 3 is 1.38 bits per heavy atom. The first kappa shape index (κ1) is 58.8. The Morgan fingerprint density at radius 2 is 0.982 bits per heavy atom. The van der Waals surface area contributed by atoms with Gasteiger partial charge in [-0.2, -0.15) is 0 Å². The fraction of sp³-hybridized carbons (Fsp3) is 0.611. The third kappa shape index (κ3) is 41.3. The van der Waals surface area contributed by atoms with Gasteiger partial charge < -0.3 is 76.5 Å². The molecule has 4 amide bonds. The number of carbonyl (C=O) groups excluding carboxylic acids is 2. The number of aliphatic hydroxyl groups excluding tert-OH is 6. The van der Waals surface area contributed by atoms with Crippen molar-refractivity contribution in [1.82, 2.24) is 40.9 Å². The Hall–Kier alpha value is -3.90. The molecule has 0 bridgehead atoms. The van der Waals surface area contributed by atoms with Gasteiger partial charge in [-0.3, -0.25) is 14.7 Å². The van der Waals surface area contributed by atoms with Crippen molar-refractivity contribution in [3.8, 4) is 11.5 Å². The fourth-order valence-electron chi connectivity index (χ4n) is 3.27. The molecule has 0 radical (unpaired) electrons. The van der Waals surface area contributed by atoms with Crippen LogP contribution in [0.15, 0.2) is 36.4 Å². The number of nitrogens with one attached hydrogen (secondary N) is 4. The number of carbonyl (C=O) groups is 2. The summed E-state index contributed by atoms with van der Waals surface area (Å²) in [5.74, 6) is 0.277. The lowest BCUT2D eigenvalue weighted by atomic mass is 10.1. The van der Waals surface area contributed by atoms with Crippen molar-refractivity contribution in [3.63, 3.8) is 0 Å². The summed E-state index contributed by atoms with van der Waals surface area (Å²) in [7, 11) is 15.2. The SMILES string of the molecule is CCO.CCO.CN(C)CNC(=O)NCO.CN(C)COCNC(=O)NCO.CN(C)COCc1ccc(O)c(CO)c1.CN(C)Cc1ccc(O)c(CO)c1. The second-order valence-electron chi connectivity index (χ2n) is 12.1. The van der Waals surface area contributed by atoms with Crippen LogP contribution in [0, 0.1) is 0 Å². The molecule has 0 spiro atoms. The lowest BCUT2D eigenvalue weighted by molar-refractivity contribution is 0.0450. The number of benzene rings is 2. The Morgan fingerprint density at radius 1 is 0.571 bits per heavy atom. The summed E-state index contributed by atoms with van der Waals surface area (Å²) in [5, 5.41) is 77.3. The van der Waals surface area contributed by atoms with Gasteiger partial charge >= 0.3 is 12.1 Å². The van der Waals surface area contributed by atoms with Gasteiger partial charge in [-0.15, -0.1) is 0 Å². The Bertz CT molecular complexity index is 1210. The number of aromatic hydroxyl groups is 2. The molecule has 0 heterocycles. The van der Waals surface area contributed by atoms with Gasteiger partial charge in [0.05, 0.1) is 33.2 Å². The summed E-state index contributed by atoms with van der Waals surface area (Å²) in [6, 6.07) is 9.57. The maximum Gasteiger partial charge on any atom is 0.318 e. The highest BCUT2D eigenvalue weighted by atomic mass is 16.5. The van der Waals surface area contributed by atoms with Crippen LogP contribution in [0.3, 0.4) is 0 Å². The summed E-state index contributed by atoms with van der Waals surface area (Å²) in [5.41, 5.74) is 3.14. The number of ether oxygens (including phenoxy) is 2. The highest BCUT2D eigenvalue weighted by Crippen LogP contribution is 2.19. The molecule has 20 heteroatoms. The number of phenols is 2. The van der Waals surface area contributed by atoms with Crippen LogP contribution in [-0.4, -0.2) is 182 Å². The number of amides is 4. The van der Waals surface area contributed by atoms with E-state index in [1.165, 1.54) is 0 Å². The summed E-state index contributed by atoms with van der Waals surface area (Å²) >= 11 is 0. The highest BCUT2D eigenvalue weighted by Gasteiger charge is 2.03. The molecule has 328 valence electrons. The molecule has 2 aromatic carbocycles. The van der Waals surface area contributed by atoms with Crippen LogP contribution in [0.5, 0.6) is 11.5 Å². The molecule has 0 saturated heterocycles. The lowest BCUT2D eigenvalue weighted by Crippen LogP contribution is -2.40. The van der Waals surface area contributed by atoms with E-state index < -0.39 is 6.03 Å². The van der Waals surface area contributed by atoms with Gasteiger partial charge in [-0.25, -0.2) is 9.59 Å². The van der Waals surface area contributed by atoms with E-state index in [4.69, 9.17) is 40.1 Å². The average Bonchev–Trinajstić information content (AvgIpc) is 3.12. The van der Waals surface area contributed by atoms with E-state index in [1.54, 1.807) is 43.0 Å². The molecule has 0 fully saturated rings. The molecule has 0 unspecified atom stereocenters. The van der Waals surface area contributed by atoms with Gasteiger partial charge in [0.15, 0.2) is 0 Å². The topological polar surface area (TPSA) is 276 Å². The number of urea groups is 2. The van der Waals surface area contributed by atoms with E-state index in [0.717, 1.165) is 17.7 Å². The predicted molar refractivity (Wildman–Crippen MR) is 215 cm³/mol. The average molecular weight is 809 g/mol. The number of rotatable bonds is 16. The van der Waals surface area contributed by atoms with E-state index in [1.807, 2.05) is 83.2 Å². The second kappa shape index (κ2) is 40.8. The number of hydrogen-bond acceptors (Lipinski definition) is 16. The summed E-state index contributed by atoms with van der Waals surface area (Å²) < 4.78 is 10.4. The minimum absolute atomic E-state index is 0.118. The predicted octanol–water partition coefficient (Wildman–Crippen LogP) is -0.653. The molecular formula is C36H72N8O12. The van der Waals surface area contributed by atoms with Crippen molar-refractivity contribution in [2.45, 2.75) is 40.2 Å². The van der Waals surface area contributed by atoms with Gasteiger partial charge in [-0.05, 0) is 106 Å². The van der Waals surface area contributed by atoms with Crippen molar-refractivity contribution < 1.29 is 59.9 Å². The van der Waals surface area contributed by atoms with E-state index >= 15 is 0 Å². The summed E-state index contributed by atoms with van der Waals surface area (Å²) in [6.45, 7) is 5.75. The van der Waals surface area contributed by atoms with E-state index in [-0.39, 0.29) is 64.2 Å². The van der Waals surface area contributed by atoms with Crippen molar-refractivity contribution in [2.24, 2.45) is 0 Å². The maximum atomic E-state index is 10.6. The van der Waals surface area contributed by atoms with Crippen LogP contribution in [0.25, 0.3) is 0 Å². The highest BCUT2D eigenvalue weighted by molar-refractivity contribution is 5.73. The number of aliphatic hydroxyl groups is 6. The van der Waals surface area contributed by atoms with Crippen LogP contribution in [0.1, 0.15) is 36.1 Å². The van der Waals surface area contributed by atoms with Crippen molar-refractivity contribution in [1.29, 1.82) is 0 Å². The monoisotopic (exact) mass is 809 g/mol. The molecule has 2 aromatic rings. The Kier molecular flexibility index (Phi) is 42.8. The van der Waals surface area contributed by atoms with Crippen molar-refractivity contribution in [3.05, 3.63) is 58.7 Å². The molecule has 0 aliphatic heterocycles. The zero-order valence-corrected chi connectivity index (χ0v) is 34.9. The van der Waals surface area contributed by atoms with Gasteiger partial charge in [0.2, 0.25) is 0 Å². The number of nitrogens with zero attached hydrogens (tertiary/aromatic N) is 4. The molecule has 0 aliphatic carbocycles. The molecule has 12 N–H and O–H groups in total. The maximum absolute atomic E-state index is 10.6. The Labute approximate surface area is 332 Å². The second-order valence-corrected chi connectivity index (χ2v) is 12.1. The van der Waals surface area contributed by atoms with Crippen molar-refractivity contribution in [2.75, 3.05) is 110 Å². The number of hydrogen-bond donors (Lipinski definition) is 12. The first-order valence-electron chi connectivity index (χ1n) is 17.5. The van der Waals surface area contributed by atoms with Gasteiger partial charge in [0.1, 0.15) is 38.4 Å². The standard InChI is InChI=1S/C11H17NO3.C10H15NO2.C6H15N3O3.C5H13N3O2.2C2H6O/c1-12(2)8-15-7-9-3-4-11(14)10(5-9)6-13;1-11(2)6-8-3-4-10(13)9(5-8)7-12;1-9(2)5-12-4-8-6(11)7-3-10;1-8(2)3-6-5(10)7-4-9;2*1-2-3/h3-5,13-14H,6-8H2,1-2H3;3-5,12-13H,6-7H2,1-2H3;10H,3-5H2,1-2H3,(H2,7,8,11);9H,3-4H2,1-2H3,(H2,6,7,10);2*3H,2H2,1H3. The fourth-order valence-corrected chi connectivity index (χ4v) is 3.27. The molecule has 0 atom stereocenters. The minimum Gasteiger partial charge on any atom is -0.508 e. The van der Waals surface area contributed by atoms with Crippen LogP contribution in [0.4, 0.5) is 9.59 Å². The lowest BCUT2D eigenvalue weighted by Gasteiger charge is -2.11. The zero-order valence-electron chi connectivity index (χ0n) is 34.9. The molecule has 2 rings (SSSR count). The van der Waals surface area contributed by atoms with E-state index in [2.05, 4.69) is 21.3 Å². The molecule has 0 aromatic heterocycles. The first-order chi connectivity index (χ1) is 26.4. The van der Waals surface area contributed by atoms with Crippen LogP contribution in [0.2, 0.25) is 0 Å². The normalized spacial score (nSPS) is 9.93. The molecule has 56 heavy (non-hydrogen) atoms. The van der Waals surface area contributed by atoms with E-state index in [0.29, 0.717) is 37.9 Å². The largest absolute Gasteiger partial charge is 0.508 e. The summed E-state index contributed by atoms with van der Waals surface area (Å²) in [4.78, 5) is 28.7. The van der Waals surface area contributed by atoms with Crippen LogP contribution >= 0.6 is 0 Å². The van der Waals surface area contributed by atoms with Gasteiger partial charge in [0, 0.05) is 30.9 Å². The molecule has 20 nitrogen and oxygen atoms in total. The zero-order chi connectivity index (χ0) is 43.9. The van der Waals surface area contributed by atoms with E-state index in [9.17, 15) is 19.8 Å².